The minimum absolute atomic E-state index is 0.0266. The van der Waals surface area contributed by atoms with Crippen LogP contribution in [0.2, 0.25) is 0 Å². The van der Waals surface area contributed by atoms with Crippen LogP contribution in [0.4, 0.5) is 0 Å². The fourth-order valence-corrected chi connectivity index (χ4v) is 4.19. The third kappa shape index (κ3) is 9.64. The van der Waals surface area contributed by atoms with Gasteiger partial charge in [0.15, 0.2) is 0 Å². The summed E-state index contributed by atoms with van der Waals surface area (Å²) in [6.45, 7) is 16.0. The molecule has 0 spiro atoms. The van der Waals surface area contributed by atoms with Crippen molar-refractivity contribution in [3.8, 4) is 5.75 Å². The van der Waals surface area contributed by atoms with Crippen LogP contribution >= 0.6 is 0 Å². The summed E-state index contributed by atoms with van der Waals surface area (Å²) in [6.07, 6.45) is 0.368. The van der Waals surface area contributed by atoms with Crippen LogP contribution in [0.25, 0.3) is 0 Å². The third-order valence-electron chi connectivity index (χ3n) is 6.38. The van der Waals surface area contributed by atoms with E-state index in [0.29, 0.717) is 12.0 Å². The molecule has 0 aliphatic rings. The van der Waals surface area contributed by atoms with Crippen molar-refractivity contribution in [3.05, 3.63) is 64.7 Å². The van der Waals surface area contributed by atoms with E-state index in [1.807, 2.05) is 97.9 Å². The molecule has 2 rings (SSSR count). The Hall–Kier alpha value is -3.43. The average molecular weight is 556 g/mol. The van der Waals surface area contributed by atoms with Crippen molar-refractivity contribution < 1.29 is 29.4 Å². The Balaban J connectivity index is 2.15. The fraction of sp³-hybridized carbons (Fsp3) is 0.516. The minimum Gasteiger partial charge on any atom is -0.507 e. The summed E-state index contributed by atoms with van der Waals surface area (Å²) in [4.78, 5) is 43.5. The van der Waals surface area contributed by atoms with Gasteiger partial charge >= 0.3 is 5.97 Å². The van der Waals surface area contributed by atoms with Gasteiger partial charge in [-0.05, 0) is 57.6 Å². The van der Waals surface area contributed by atoms with Crippen LogP contribution in [0.3, 0.4) is 0 Å². The van der Waals surface area contributed by atoms with Gasteiger partial charge in [-0.1, -0.05) is 85.7 Å². The molecular weight excluding hydrogens is 510 g/mol. The zero-order chi connectivity index (χ0) is 30.3. The Morgan fingerprint density at radius 1 is 0.875 bits per heavy atom. The summed E-state index contributed by atoms with van der Waals surface area (Å²) in [5, 5.41) is 25.7. The molecule has 2 aromatic rings. The summed E-state index contributed by atoms with van der Waals surface area (Å²) in [7, 11) is 0. The molecule has 2 aromatic carbocycles. The maximum Gasteiger partial charge on any atom is 0.336 e. The lowest BCUT2D eigenvalue weighted by Crippen LogP contribution is -2.56. The van der Waals surface area contributed by atoms with Crippen LogP contribution in [0.15, 0.2) is 42.5 Å². The molecule has 220 valence electrons. The van der Waals surface area contributed by atoms with Gasteiger partial charge in [0, 0.05) is 6.54 Å². The highest BCUT2D eigenvalue weighted by Gasteiger charge is 2.32. The molecule has 0 bridgehead atoms. The second-order valence-electron chi connectivity index (χ2n) is 12.6. The molecule has 2 amide bonds. The van der Waals surface area contributed by atoms with E-state index in [9.17, 15) is 24.6 Å². The first-order valence-corrected chi connectivity index (χ1v) is 13.6. The van der Waals surface area contributed by atoms with Gasteiger partial charge in [0.25, 0.3) is 5.91 Å². The molecule has 0 aromatic heterocycles. The maximum absolute atomic E-state index is 13.0. The second kappa shape index (κ2) is 13.8. The Morgan fingerprint density at radius 3 is 1.90 bits per heavy atom. The third-order valence-corrected chi connectivity index (χ3v) is 6.38. The zero-order valence-corrected chi connectivity index (χ0v) is 24.9. The van der Waals surface area contributed by atoms with Crippen LogP contribution in [-0.4, -0.2) is 40.1 Å². The molecule has 0 aliphatic carbocycles. The predicted molar refractivity (Wildman–Crippen MR) is 155 cm³/mol. The molecule has 1 unspecified atom stereocenters. The molecule has 9 nitrogen and oxygen atoms in total. The van der Waals surface area contributed by atoms with E-state index in [2.05, 4.69) is 16.1 Å². The first kappa shape index (κ1) is 32.8. The molecule has 40 heavy (non-hydrogen) atoms. The van der Waals surface area contributed by atoms with E-state index in [1.54, 1.807) is 0 Å². The van der Waals surface area contributed by atoms with Crippen molar-refractivity contribution in [2.24, 2.45) is 5.92 Å². The van der Waals surface area contributed by atoms with E-state index in [-0.39, 0.29) is 35.6 Å². The Morgan fingerprint density at radius 2 is 1.43 bits per heavy atom. The molecule has 0 heterocycles. The first-order valence-electron chi connectivity index (χ1n) is 13.6. The summed E-state index contributed by atoms with van der Waals surface area (Å²) in [5.74, 6) is -2.67. The lowest BCUT2D eigenvalue weighted by atomic mass is 9.78. The topological polar surface area (TPSA) is 137 Å². The molecule has 2 atom stereocenters. The number of hydroxylamine groups is 1. The van der Waals surface area contributed by atoms with Gasteiger partial charge in [0.1, 0.15) is 11.8 Å². The van der Waals surface area contributed by atoms with E-state index in [0.717, 1.165) is 16.7 Å². The second-order valence-corrected chi connectivity index (χ2v) is 12.6. The van der Waals surface area contributed by atoms with Gasteiger partial charge in [0.2, 0.25) is 11.9 Å². The maximum atomic E-state index is 13.0. The lowest BCUT2D eigenvalue weighted by molar-refractivity contribution is -0.147. The summed E-state index contributed by atoms with van der Waals surface area (Å²) in [6, 6.07) is 10.4. The highest BCUT2D eigenvalue weighted by molar-refractivity contribution is 6.04. The number of carbonyl (C=O) groups is 3. The number of aliphatic carboxylic acids is 1. The number of phenols is 1. The van der Waals surface area contributed by atoms with Crippen LogP contribution in [-0.2, 0) is 43.2 Å². The quantitative estimate of drug-likeness (QED) is 0.194. The predicted octanol–water partition coefficient (Wildman–Crippen LogP) is 4.31. The first-order chi connectivity index (χ1) is 18.5. The fourth-order valence-electron chi connectivity index (χ4n) is 4.19. The SMILES string of the molecule is CC(C)C[C@H](NOCc1ccccc1)C(=O)NC(C(=O)O)C(=O)NCc1cc(C(C)(C)C)c(O)c(C(C)(C)C)c1. The number of hydrogen-bond donors (Lipinski definition) is 5. The molecule has 0 saturated carbocycles. The monoisotopic (exact) mass is 555 g/mol. The number of amides is 2. The van der Waals surface area contributed by atoms with Gasteiger partial charge in [-0.25, -0.2) is 4.79 Å². The summed E-state index contributed by atoms with van der Waals surface area (Å²) < 4.78 is 0. The molecular formula is C31H45N3O6. The highest BCUT2D eigenvalue weighted by Crippen LogP contribution is 2.39. The number of hydrogen-bond acceptors (Lipinski definition) is 6. The summed E-state index contributed by atoms with van der Waals surface area (Å²) in [5.41, 5.74) is 5.08. The van der Waals surface area contributed by atoms with Crippen LogP contribution in [0, 0.1) is 5.92 Å². The van der Waals surface area contributed by atoms with Crippen molar-refractivity contribution in [2.75, 3.05) is 0 Å². The Kier molecular flexibility index (Phi) is 11.3. The van der Waals surface area contributed by atoms with E-state index < -0.39 is 29.9 Å². The van der Waals surface area contributed by atoms with Crippen molar-refractivity contribution in [2.45, 2.75) is 97.9 Å². The number of benzene rings is 2. The smallest absolute Gasteiger partial charge is 0.336 e. The van der Waals surface area contributed by atoms with Gasteiger partial charge in [-0.3, -0.25) is 14.4 Å². The number of nitrogens with one attached hydrogen (secondary N) is 3. The number of aromatic hydroxyl groups is 1. The van der Waals surface area contributed by atoms with Crippen LogP contribution in [0.1, 0.15) is 84.1 Å². The zero-order valence-electron chi connectivity index (χ0n) is 24.9. The minimum atomic E-state index is -1.79. The van der Waals surface area contributed by atoms with Gasteiger partial charge in [0.05, 0.1) is 6.61 Å². The molecule has 0 saturated heterocycles. The van der Waals surface area contributed by atoms with Crippen molar-refractivity contribution >= 4 is 17.8 Å². The van der Waals surface area contributed by atoms with Crippen LogP contribution in [0.5, 0.6) is 5.75 Å². The van der Waals surface area contributed by atoms with E-state index in [1.165, 1.54) is 0 Å². The Labute approximate surface area is 237 Å². The van der Waals surface area contributed by atoms with Gasteiger partial charge in [-0.2, -0.15) is 5.48 Å². The number of carboxylic acids is 1. The van der Waals surface area contributed by atoms with Crippen molar-refractivity contribution in [3.63, 3.8) is 0 Å². The number of carbonyl (C=O) groups excluding carboxylic acids is 2. The number of phenolic OH excluding ortho intramolecular Hbond substituents is 1. The number of carboxylic acid groups (broad SMARTS) is 1. The normalized spacial score (nSPS) is 13.5. The molecule has 9 heteroatoms. The molecule has 0 aliphatic heterocycles. The van der Waals surface area contributed by atoms with Gasteiger partial charge < -0.3 is 20.8 Å². The molecule has 0 radical (unpaired) electrons. The highest BCUT2D eigenvalue weighted by atomic mass is 16.6. The summed E-state index contributed by atoms with van der Waals surface area (Å²) >= 11 is 0. The van der Waals surface area contributed by atoms with Gasteiger partial charge in [-0.15, -0.1) is 0 Å². The largest absolute Gasteiger partial charge is 0.507 e. The van der Waals surface area contributed by atoms with Crippen molar-refractivity contribution in [1.82, 2.24) is 16.1 Å². The molecule has 0 fully saturated rings. The standard InChI is InChI=1S/C31H45N3O6/c1-19(2)14-24(34-40-18-20-12-10-9-11-13-20)27(36)33-25(29(38)39)28(37)32-17-21-15-22(30(3,4)5)26(35)23(16-21)31(6,7)8/h9-13,15-16,19,24-25,34-35H,14,17-18H2,1-8H3,(H,32,37)(H,33,36)(H,38,39)/t24-,25?/m0/s1. The van der Waals surface area contributed by atoms with Crippen molar-refractivity contribution in [1.29, 1.82) is 0 Å². The van der Waals surface area contributed by atoms with E-state index >= 15 is 0 Å². The van der Waals surface area contributed by atoms with E-state index in [4.69, 9.17) is 4.84 Å². The van der Waals surface area contributed by atoms with Crippen LogP contribution < -0.4 is 16.1 Å². The Bertz CT molecular complexity index is 1130. The lowest BCUT2D eigenvalue weighted by Gasteiger charge is -2.28. The molecule has 5 N–H and O–H groups in total. The number of rotatable bonds is 12. The average Bonchev–Trinajstić information content (AvgIpc) is 2.84.